The van der Waals surface area contributed by atoms with Crippen LogP contribution in [0.1, 0.15) is 11.1 Å². The summed E-state index contributed by atoms with van der Waals surface area (Å²) in [6.45, 7) is 0.431. The first-order valence-corrected chi connectivity index (χ1v) is 11.5. The molecule has 0 saturated carbocycles. The van der Waals surface area contributed by atoms with Crippen molar-refractivity contribution in [3.05, 3.63) is 95.9 Å². The number of benzene rings is 3. The molecule has 1 amide bonds. The summed E-state index contributed by atoms with van der Waals surface area (Å²) in [5.41, 5.74) is 2.43. The van der Waals surface area contributed by atoms with Crippen molar-refractivity contribution in [2.75, 3.05) is 5.32 Å². The Morgan fingerprint density at radius 3 is 2.43 bits per heavy atom. The highest BCUT2D eigenvalue weighted by atomic mass is 127. The van der Waals surface area contributed by atoms with Gasteiger partial charge in [0.1, 0.15) is 24.0 Å². The average molecular weight is 638 g/mol. The highest BCUT2D eigenvalue weighted by Gasteiger charge is 2.13. The van der Waals surface area contributed by atoms with Crippen LogP contribution in [-0.4, -0.2) is 5.91 Å². The smallest absolute Gasteiger partial charge is 0.266 e. The number of nitrogens with one attached hydrogen (secondary N) is 1. The van der Waals surface area contributed by atoms with Crippen molar-refractivity contribution in [1.29, 1.82) is 5.26 Å². The Morgan fingerprint density at radius 2 is 1.80 bits per heavy atom. The molecule has 0 saturated heterocycles. The molecule has 0 fully saturated rings. The van der Waals surface area contributed by atoms with Gasteiger partial charge in [-0.3, -0.25) is 4.79 Å². The first-order chi connectivity index (χ1) is 14.5. The van der Waals surface area contributed by atoms with Crippen LogP contribution in [0.15, 0.2) is 81.2 Å². The Bertz CT molecular complexity index is 1100. The third kappa shape index (κ3) is 6.17. The fourth-order valence-electron chi connectivity index (χ4n) is 2.57. The van der Waals surface area contributed by atoms with Gasteiger partial charge < -0.3 is 10.1 Å². The van der Waals surface area contributed by atoms with E-state index in [-0.39, 0.29) is 5.57 Å². The van der Waals surface area contributed by atoms with Crippen LogP contribution in [0.3, 0.4) is 0 Å². The third-order valence-electron chi connectivity index (χ3n) is 4.02. The van der Waals surface area contributed by atoms with Gasteiger partial charge in [-0.15, -0.1) is 0 Å². The Morgan fingerprint density at radius 1 is 1.10 bits per heavy atom. The molecule has 30 heavy (non-hydrogen) atoms. The number of hydrogen-bond donors (Lipinski definition) is 1. The number of para-hydroxylation sites is 1. The Kier molecular flexibility index (Phi) is 8.08. The van der Waals surface area contributed by atoms with Crippen LogP contribution in [0.4, 0.5) is 5.69 Å². The van der Waals surface area contributed by atoms with E-state index in [1.165, 1.54) is 0 Å². The maximum atomic E-state index is 12.4. The molecule has 0 heterocycles. The van der Waals surface area contributed by atoms with Gasteiger partial charge in [0, 0.05) is 10.2 Å². The number of halogens is 3. The molecule has 0 radical (unpaired) electrons. The normalized spacial score (nSPS) is 10.9. The molecule has 3 rings (SSSR count). The van der Waals surface area contributed by atoms with Crippen LogP contribution in [0, 0.1) is 14.9 Å². The molecule has 0 bridgehead atoms. The number of nitrogens with zero attached hydrogens (tertiary/aromatic N) is 1. The van der Waals surface area contributed by atoms with Crippen molar-refractivity contribution < 1.29 is 9.53 Å². The summed E-state index contributed by atoms with van der Waals surface area (Å²) in [7, 11) is 0. The molecule has 3 aromatic carbocycles. The zero-order chi connectivity index (χ0) is 21.5. The topological polar surface area (TPSA) is 62.1 Å². The van der Waals surface area contributed by atoms with Gasteiger partial charge in [0.25, 0.3) is 5.91 Å². The van der Waals surface area contributed by atoms with Crippen LogP contribution >= 0.6 is 54.5 Å². The molecule has 0 aromatic heterocycles. The van der Waals surface area contributed by atoms with Crippen molar-refractivity contribution in [3.63, 3.8) is 0 Å². The second-order valence-corrected chi connectivity index (χ2v) is 9.15. The quantitative estimate of drug-likeness (QED) is 0.181. The van der Waals surface area contributed by atoms with Crippen LogP contribution in [0.2, 0.25) is 0 Å². The van der Waals surface area contributed by atoms with Crippen molar-refractivity contribution >= 4 is 72.1 Å². The molecule has 3 aromatic rings. The summed E-state index contributed by atoms with van der Waals surface area (Å²) < 4.78 is 8.60. The fourth-order valence-corrected chi connectivity index (χ4v) is 4.61. The molecular formula is C23H15Br2IN2O2. The van der Waals surface area contributed by atoms with E-state index in [0.29, 0.717) is 18.0 Å². The summed E-state index contributed by atoms with van der Waals surface area (Å²) in [6, 6.07) is 22.6. The van der Waals surface area contributed by atoms with E-state index < -0.39 is 5.91 Å². The lowest BCUT2D eigenvalue weighted by molar-refractivity contribution is -0.112. The van der Waals surface area contributed by atoms with Gasteiger partial charge in [-0.1, -0.05) is 46.3 Å². The molecule has 0 spiro atoms. The number of amides is 1. The largest absolute Gasteiger partial charge is 0.487 e. The number of carbonyl (C=O) groups excluding carboxylic acids is 1. The van der Waals surface area contributed by atoms with E-state index in [1.54, 1.807) is 18.2 Å². The Hall–Kier alpha value is -2.15. The van der Waals surface area contributed by atoms with Gasteiger partial charge in [-0.05, 0) is 92.1 Å². The number of nitriles is 1. The summed E-state index contributed by atoms with van der Waals surface area (Å²) in [5.74, 6) is 0.258. The summed E-state index contributed by atoms with van der Waals surface area (Å²) >= 11 is 9.14. The molecule has 0 atom stereocenters. The lowest BCUT2D eigenvalue weighted by atomic mass is 10.1. The number of hydrogen-bond acceptors (Lipinski definition) is 3. The highest BCUT2D eigenvalue weighted by Crippen LogP contribution is 2.33. The lowest BCUT2D eigenvalue weighted by Crippen LogP contribution is -2.13. The van der Waals surface area contributed by atoms with Crippen LogP contribution in [-0.2, 0) is 11.4 Å². The Balaban J connectivity index is 1.76. The van der Waals surface area contributed by atoms with E-state index in [4.69, 9.17) is 4.74 Å². The van der Waals surface area contributed by atoms with E-state index in [0.717, 1.165) is 23.6 Å². The molecule has 150 valence electrons. The maximum Gasteiger partial charge on any atom is 0.266 e. The first kappa shape index (κ1) is 22.5. The van der Waals surface area contributed by atoms with Crippen LogP contribution < -0.4 is 10.1 Å². The van der Waals surface area contributed by atoms with Gasteiger partial charge in [-0.2, -0.15) is 5.26 Å². The molecule has 0 aliphatic rings. The SMILES string of the molecule is N#C/C(=C/c1cc(Br)c(OCc2ccc(Br)cc2)c(I)c1)C(=O)Nc1ccccc1. The van der Waals surface area contributed by atoms with E-state index in [9.17, 15) is 10.1 Å². The van der Waals surface area contributed by atoms with Crippen molar-refractivity contribution in [2.24, 2.45) is 0 Å². The minimum Gasteiger partial charge on any atom is -0.487 e. The minimum absolute atomic E-state index is 0.0186. The van der Waals surface area contributed by atoms with Gasteiger partial charge in [0.15, 0.2) is 0 Å². The van der Waals surface area contributed by atoms with Crippen molar-refractivity contribution in [2.45, 2.75) is 6.61 Å². The summed E-state index contributed by atoms with van der Waals surface area (Å²) in [6.07, 6.45) is 1.56. The van der Waals surface area contributed by atoms with Gasteiger partial charge in [0.2, 0.25) is 0 Å². The summed E-state index contributed by atoms with van der Waals surface area (Å²) in [4.78, 5) is 12.4. The van der Waals surface area contributed by atoms with E-state index >= 15 is 0 Å². The molecule has 7 heteroatoms. The maximum absolute atomic E-state index is 12.4. The highest BCUT2D eigenvalue weighted by molar-refractivity contribution is 14.1. The first-order valence-electron chi connectivity index (χ1n) is 8.81. The molecule has 4 nitrogen and oxygen atoms in total. The van der Waals surface area contributed by atoms with Crippen LogP contribution in [0.25, 0.3) is 6.08 Å². The van der Waals surface area contributed by atoms with Gasteiger partial charge in [-0.25, -0.2) is 0 Å². The summed E-state index contributed by atoms with van der Waals surface area (Å²) in [5, 5.41) is 12.2. The molecule has 0 aliphatic carbocycles. The second-order valence-electron chi connectivity index (χ2n) is 6.22. The Labute approximate surface area is 205 Å². The lowest BCUT2D eigenvalue weighted by Gasteiger charge is -2.12. The molecular weight excluding hydrogens is 623 g/mol. The average Bonchev–Trinajstić information content (AvgIpc) is 2.73. The van der Waals surface area contributed by atoms with Crippen molar-refractivity contribution in [3.8, 4) is 11.8 Å². The number of ether oxygens (including phenoxy) is 1. The predicted octanol–water partition coefficient (Wildman–Crippen LogP) is 6.94. The van der Waals surface area contributed by atoms with Gasteiger partial charge >= 0.3 is 0 Å². The van der Waals surface area contributed by atoms with E-state index in [1.807, 2.05) is 60.7 Å². The second kappa shape index (κ2) is 10.8. The monoisotopic (exact) mass is 636 g/mol. The minimum atomic E-state index is -0.453. The molecule has 1 N–H and O–H groups in total. The number of carbonyl (C=O) groups is 1. The molecule has 0 unspecified atom stereocenters. The molecule has 0 aliphatic heterocycles. The zero-order valence-electron chi connectivity index (χ0n) is 15.5. The number of rotatable bonds is 6. The van der Waals surface area contributed by atoms with Crippen LogP contribution in [0.5, 0.6) is 5.75 Å². The standard InChI is InChI=1S/C23H15Br2IN2O2/c24-18-8-6-15(7-9-18)14-30-22-20(25)11-16(12-21(22)26)10-17(13-27)23(29)28-19-4-2-1-3-5-19/h1-12H,14H2,(H,28,29)/b17-10-. The fraction of sp³-hybridized carbons (Fsp3) is 0.0435. The van der Waals surface area contributed by atoms with E-state index in [2.05, 4.69) is 59.8 Å². The third-order valence-corrected chi connectivity index (χ3v) is 5.94. The zero-order valence-corrected chi connectivity index (χ0v) is 20.9. The predicted molar refractivity (Wildman–Crippen MR) is 134 cm³/mol. The number of anilines is 1. The van der Waals surface area contributed by atoms with Gasteiger partial charge in [0.05, 0.1) is 8.04 Å². The van der Waals surface area contributed by atoms with Crippen molar-refractivity contribution in [1.82, 2.24) is 0 Å².